The van der Waals surface area contributed by atoms with E-state index in [-0.39, 0.29) is 11.8 Å². The lowest BCUT2D eigenvalue weighted by Gasteiger charge is -2.05. The summed E-state index contributed by atoms with van der Waals surface area (Å²) in [4.78, 5) is 11.6. The molecule has 0 aliphatic carbocycles. The van der Waals surface area contributed by atoms with E-state index in [1.807, 2.05) is 0 Å². The van der Waals surface area contributed by atoms with Crippen LogP contribution in [0.4, 0.5) is 14.9 Å². The van der Waals surface area contributed by atoms with Crippen LogP contribution in [-0.4, -0.2) is 13.1 Å². The summed E-state index contributed by atoms with van der Waals surface area (Å²) in [6, 6.07) is 12.7. The molecule has 2 rings (SSSR count). The Kier molecular flexibility index (Phi) is 4.93. The normalized spacial score (nSPS) is 10.4. The molecule has 0 unspecified atom stereocenters. The Bertz CT molecular complexity index is 639. The molecule has 2 aromatic rings. The van der Waals surface area contributed by atoms with Crippen LogP contribution in [0, 0.1) is 5.82 Å². The summed E-state index contributed by atoms with van der Waals surface area (Å²) in [5, 5.41) is 5.20. The maximum Gasteiger partial charge on any atom is 0.323 e. The Balaban J connectivity index is 1.86. The second-order valence-corrected chi connectivity index (χ2v) is 4.22. The van der Waals surface area contributed by atoms with Gasteiger partial charge in [0.05, 0.1) is 7.11 Å². The van der Waals surface area contributed by atoms with E-state index >= 15 is 0 Å². The van der Waals surface area contributed by atoms with Crippen LogP contribution in [0.3, 0.4) is 0 Å². The van der Waals surface area contributed by atoms with Gasteiger partial charge in [-0.15, -0.1) is 0 Å². The molecule has 0 aromatic heterocycles. The van der Waals surface area contributed by atoms with Gasteiger partial charge < -0.3 is 15.4 Å². The fraction of sp³-hybridized carbons (Fsp3) is 0.0625. The Hall–Kier alpha value is -2.82. The van der Waals surface area contributed by atoms with E-state index < -0.39 is 0 Å². The number of carbonyl (C=O) groups is 1. The third-order valence-electron chi connectivity index (χ3n) is 2.69. The maximum absolute atomic E-state index is 13.0. The summed E-state index contributed by atoms with van der Waals surface area (Å²) in [6.45, 7) is 0. The standard InChI is InChI=1S/C16H15FN2O2/c1-21-15-7-5-14(6-8-15)19-16(20)18-10-9-12-3-2-4-13(17)11-12/h2-11H,1H3,(H2,18,19,20)/b10-9+. The first-order valence-electron chi connectivity index (χ1n) is 6.31. The highest BCUT2D eigenvalue weighted by Crippen LogP contribution is 2.14. The molecule has 2 amide bonds. The molecule has 0 saturated heterocycles. The van der Waals surface area contributed by atoms with E-state index in [0.29, 0.717) is 17.0 Å². The Morgan fingerprint density at radius 2 is 1.95 bits per heavy atom. The minimum atomic E-state index is -0.382. The molecule has 0 atom stereocenters. The van der Waals surface area contributed by atoms with Gasteiger partial charge in [0.1, 0.15) is 11.6 Å². The van der Waals surface area contributed by atoms with Gasteiger partial charge in [-0.3, -0.25) is 0 Å². The molecule has 21 heavy (non-hydrogen) atoms. The molecule has 0 bridgehead atoms. The number of anilines is 1. The summed E-state index contributed by atoms with van der Waals surface area (Å²) in [7, 11) is 1.58. The average Bonchev–Trinajstić information content (AvgIpc) is 2.48. The van der Waals surface area contributed by atoms with E-state index in [1.165, 1.54) is 18.3 Å². The highest BCUT2D eigenvalue weighted by molar-refractivity contribution is 5.90. The Morgan fingerprint density at radius 1 is 1.19 bits per heavy atom. The number of rotatable bonds is 4. The van der Waals surface area contributed by atoms with Gasteiger partial charge in [-0.1, -0.05) is 12.1 Å². The van der Waals surface area contributed by atoms with Crippen LogP contribution < -0.4 is 15.4 Å². The van der Waals surface area contributed by atoms with Gasteiger partial charge in [-0.25, -0.2) is 9.18 Å². The predicted molar refractivity (Wildman–Crippen MR) is 80.6 cm³/mol. The van der Waals surface area contributed by atoms with E-state index in [9.17, 15) is 9.18 Å². The molecule has 4 nitrogen and oxygen atoms in total. The van der Waals surface area contributed by atoms with Crippen LogP contribution in [0.5, 0.6) is 5.75 Å². The zero-order valence-corrected chi connectivity index (χ0v) is 11.5. The number of ether oxygens (including phenoxy) is 1. The zero-order valence-electron chi connectivity index (χ0n) is 11.5. The Labute approximate surface area is 122 Å². The zero-order chi connectivity index (χ0) is 15.1. The largest absolute Gasteiger partial charge is 0.497 e. The van der Waals surface area contributed by atoms with Crippen molar-refractivity contribution in [3.63, 3.8) is 0 Å². The van der Waals surface area contributed by atoms with Gasteiger partial charge in [0.2, 0.25) is 0 Å². The number of benzene rings is 2. The second-order valence-electron chi connectivity index (χ2n) is 4.22. The smallest absolute Gasteiger partial charge is 0.323 e. The summed E-state index contributed by atoms with van der Waals surface area (Å²) >= 11 is 0. The lowest BCUT2D eigenvalue weighted by Crippen LogP contribution is -2.23. The van der Waals surface area contributed by atoms with E-state index in [4.69, 9.17) is 4.74 Å². The van der Waals surface area contributed by atoms with Crippen LogP contribution in [0.2, 0.25) is 0 Å². The molecule has 5 heteroatoms. The number of hydrogen-bond donors (Lipinski definition) is 2. The lowest BCUT2D eigenvalue weighted by atomic mass is 10.2. The summed E-state index contributed by atoms with van der Waals surface area (Å²) in [5.74, 6) is 0.395. The topological polar surface area (TPSA) is 50.4 Å². The summed E-state index contributed by atoms with van der Waals surface area (Å²) < 4.78 is 18.0. The molecule has 0 aliphatic rings. The molecule has 0 radical (unpaired) electrons. The van der Waals surface area contributed by atoms with Crippen molar-refractivity contribution in [1.82, 2.24) is 5.32 Å². The molecule has 0 saturated carbocycles. The number of nitrogens with one attached hydrogen (secondary N) is 2. The number of amides is 2. The fourth-order valence-corrected chi connectivity index (χ4v) is 1.67. The van der Waals surface area contributed by atoms with E-state index in [2.05, 4.69) is 10.6 Å². The fourth-order valence-electron chi connectivity index (χ4n) is 1.67. The molecular formula is C16H15FN2O2. The lowest BCUT2D eigenvalue weighted by molar-refractivity contribution is 0.255. The number of methoxy groups -OCH3 is 1. The Morgan fingerprint density at radius 3 is 2.62 bits per heavy atom. The molecular weight excluding hydrogens is 271 g/mol. The number of hydrogen-bond acceptors (Lipinski definition) is 2. The molecule has 2 aromatic carbocycles. The second kappa shape index (κ2) is 7.09. The first-order chi connectivity index (χ1) is 10.2. The average molecular weight is 286 g/mol. The van der Waals surface area contributed by atoms with Crippen molar-refractivity contribution < 1.29 is 13.9 Å². The highest BCUT2D eigenvalue weighted by Gasteiger charge is 1.99. The van der Waals surface area contributed by atoms with Gasteiger partial charge in [-0.05, 0) is 48.0 Å². The third-order valence-corrected chi connectivity index (χ3v) is 2.69. The third kappa shape index (κ3) is 4.65. The number of carbonyl (C=O) groups excluding carboxylic acids is 1. The van der Waals surface area contributed by atoms with Crippen molar-refractivity contribution >= 4 is 17.8 Å². The molecule has 0 spiro atoms. The van der Waals surface area contributed by atoms with Gasteiger partial charge in [-0.2, -0.15) is 0 Å². The molecule has 108 valence electrons. The number of halogens is 1. The monoisotopic (exact) mass is 286 g/mol. The molecule has 0 aliphatic heterocycles. The van der Waals surface area contributed by atoms with Gasteiger partial charge in [0.15, 0.2) is 0 Å². The van der Waals surface area contributed by atoms with Crippen molar-refractivity contribution in [3.8, 4) is 5.75 Å². The van der Waals surface area contributed by atoms with Crippen molar-refractivity contribution in [2.24, 2.45) is 0 Å². The maximum atomic E-state index is 13.0. The van der Waals surface area contributed by atoms with E-state index in [1.54, 1.807) is 49.6 Å². The van der Waals surface area contributed by atoms with Crippen LogP contribution >= 0.6 is 0 Å². The van der Waals surface area contributed by atoms with Gasteiger partial charge in [0.25, 0.3) is 0 Å². The quantitative estimate of drug-likeness (QED) is 0.901. The molecule has 2 N–H and O–H groups in total. The van der Waals surface area contributed by atoms with Crippen molar-refractivity contribution in [1.29, 1.82) is 0 Å². The molecule has 0 heterocycles. The first-order valence-corrected chi connectivity index (χ1v) is 6.31. The van der Waals surface area contributed by atoms with Gasteiger partial charge >= 0.3 is 6.03 Å². The minimum Gasteiger partial charge on any atom is -0.497 e. The van der Waals surface area contributed by atoms with Crippen molar-refractivity contribution in [2.75, 3.05) is 12.4 Å². The van der Waals surface area contributed by atoms with Crippen LogP contribution in [0.25, 0.3) is 6.08 Å². The van der Waals surface area contributed by atoms with Crippen LogP contribution in [0.1, 0.15) is 5.56 Å². The summed E-state index contributed by atoms with van der Waals surface area (Å²) in [5.41, 5.74) is 1.31. The van der Waals surface area contributed by atoms with Gasteiger partial charge in [0, 0.05) is 11.9 Å². The van der Waals surface area contributed by atoms with Crippen molar-refractivity contribution in [2.45, 2.75) is 0 Å². The molecule has 0 fully saturated rings. The van der Waals surface area contributed by atoms with Crippen molar-refractivity contribution in [3.05, 3.63) is 66.1 Å². The van der Waals surface area contributed by atoms with Crippen LogP contribution in [0.15, 0.2) is 54.7 Å². The summed E-state index contributed by atoms with van der Waals surface area (Å²) in [6.07, 6.45) is 3.06. The van der Waals surface area contributed by atoms with E-state index in [0.717, 1.165) is 0 Å². The minimum absolute atomic E-state index is 0.320. The first kappa shape index (κ1) is 14.6. The number of urea groups is 1. The highest BCUT2D eigenvalue weighted by atomic mass is 19.1. The predicted octanol–water partition coefficient (Wildman–Crippen LogP) is 3.63. The van der Waals surface area contributed by atoms with Crippen LogP contribution in [-0.2, 0) is 0 Å². The SMILES string of the molecule is COc1ccc(NC(=O)N/C=C/c2cccc(F)c2)cc1.